The molecular formula is C7H12N4OP+. The second kappa shape index (κ2) is 2.66. The number of hydrogen-bond donors (Lipinski definition) is 2. The van der Waals surface area contributed by atoms with Crippen LogP contribution < -0.4 is 5.32 Å². The maximum Gasteiger partial charge on any atom is 0.353 e. The third kappa shape index (κ3) is 1.00. The summed E-state index contributed by atoms with van der Waals surface area (Å²) in [4.78, 5) is 14.4. The molecule has 13 heavy (non-hydrogen) atoms. The summed E-state index contributed by atoms with van der Waals surface area (Å²) in [7, 11) is -1.14. The SMILES string of the molecule is OP1N2CCN=C2CC2=[N+]1CCN2. The lowest BCUT2D eigenvalue weighted by Gasteiger charge is -2.26. The highest BCUT2D eigenvalue weighted by Gasteiger charge is 2.41. The Hall–Kier alpha value is -0.670. The van der Waals surface area contributed by atoms with E-state index >= 15 is 0 Å². The average molecular weight is 199 g/mol. The molecule has 6 heteroatoms. The summed E-state index contributed by atoms with van der Waals surface area (Å²) in [5.41, 5.74) is 0. The first kappa shape index (κ1) is 7.71. The number of rotatable bonds is 0. The monoisotopic (exact) mass is 199 g/mol. The minimum atomic E-state index is -1.14. The third-order valence-electron chi connectivity index (χ3n) is 2.63. The number of nitrogens with zero attached hydrogens (tertiary/aromatic N) is 3. The normalized spacial score (nSPS) is 31.3. The molecule has 3 heterocycles. The Bertz CT molecular complexity index is 314. The lowest BCUT2D eigenvalue weighted by molar-refractivity contribution is -0.369. The largest absolute Gasteiger partial charge is 0.353 e. The van der Waals surface area contributed by atoms with Gasteiger partial charge in [-0.1, -0.05) is 0 Å². The smallest absolute Gasteiger partial charge is 0.320 e. The summed E-state index contributed by atoms with van der Waals surface area (Å²) in [6.07, 6.45) is 0.874. The standard InChI is InChI=1S/C7H11N4OP/c12-13-10-3-1-8-6(10)5-7-9-2-4-11(7)13/h12H,1-5H2/p+1. The number of fused-ring (bicyclic) bond motifs is 1. The topological polar surface area (TPSA) is 50.9 Å². The van der Waals surface area contributed by atoms with E-state index in [0.717, 1.165) is 44.3 Å². The van der Waals surface area contributed by atoms with Gasteiger partial charge in [0.25, 0.3) is 5.84 Å². The maximum atomic E-state index is 10.0. The van der Waals surface area contributed by atoms with Gasteiger partial charge in [0.1, 0.15) is 25.3 Å². The number of nitrogens with one attached hydrogen (secondary N) is 1. The van der Waals surface area contributed by atoms with E-state index in [1.807, 2.05) is 4.67 Å². The predicted octanol–water partition coefficient (Wildman–Crippen LogP) is -0.662. The molecule has 0 bridgehead atoms. The molecule has 70 valence electrons. The molecule has 0 aromatic carbocycles. The van der Waals surface area contributed by atoms with E-state index in [-0.39, 0.29) is 0 Å². The van der Waals surface area contributed by atoms with Gasteiger partial charge in [-0.05, 0) is 0 Å². The van der Waals surface area contributed by atoms with E-state index < -0.39 is 8.45 Å². The van der Waals surface area contributed by atoms with Gasteiger partial charge in [0.05, 0.1) is 6.54 Å². The molecule has 5 nitrogen and oxygen atoms in total. The molecule has 0 spiro atoms. The molecule has 0 aromatic heterocycles. The first-order valence-corrected chi connectivity index (χ1v) is 5.73. The van der Waals surface area contributed by atoms with E-state index in [9.17, 15) is 4.89 Å². The van der Waals surface area contributed by atoms with Gasteiger partial charge >= 0.3 is 8.45 Å². The Labute approximate surface area is 77.7 Å². The zero-order chi connectivity index (χ0) is 8.84. The minimum Gasteiger partial charge on any atom is -0.320 e. The summed E-state index contributed by atoms with van der Waals surface area (Å²) in [5, 5.41) is 3.29. The second-order valence-corrected chi connectivity index (χ2v) is 4.87. The summed E-state index contributed by atoms with van der Waals surface area (Å²) in [5.74, 6) is 2.22. The molecule has 3 aliphatic rings. The molecule has 3 rings (SSSR count). The van der Waals surface area contributed by atoms with Crippen molar-refractivity contribution in [3.63, 3.8) is 0 Å². The highest BCUT2D eigenvalue weighted by Crippen LogP contribution is 2.42. The van der Waals surface area contributed by atoms with Gasteiger partial charge in [-0.2, -0.15) is 0 Å². The van der Waals surface area contributed by atoms with Crippen LogP contribution in [0.15, 0.2) is 4.99 Å². The highest BCUT2D eigenvalue weighted by molar-refractivity contribution is 7.43. The maximum absolute atomic E-state index is 10.0. The van der Waals surface area contributed by atoms with Crippen LogP contribution >= 0.6 is 8.45 Å². The van der Waals surface area contributed by atoms with E-state index in [1.54, 1.807) is 0 Å². The molecule has 0 aliphatic carbocycles. The van der Waals surface area contributed by atoms with E-state index in [0.29, 0.717) is 0 Å². The summed E-state index contributed by atoms with van der Waals surface area (Å²) in [6.45, 7) is 3.62. The van der Waals surface area contributed by atoms with Crippen molar-refractivity contribution in [2.24, 2.45) is 4.99 Å². The average Bonchev–Trinajstić information content (AvgIpc) is 2.71. The van der Waals surface area contributed by atoms with Crippen molar-refractivity contribution >= 4 is 20.1 Å². The molecule has 0 amide bonds. The van der Waals surface area contributed by atoms with Gasteiger partial charge in [-0.15, -0.1) is 0 Å². The molecule has 3 aliphatic heterocycles. The Morgan fingerprint density at radius 2 is 2.54 bits per heavy atom. The van der Waals surface area contributed by atoms with Crippen molar-refractivity contribution in [3.8, 4) is 0 Å². The number of hydrogen-bond acceptors (Lipinski definition) is 4. The molecule has 0 saturated carbocycles. The van der Waals surface area contributed by atoms with Crippen LogP contribution in [0.2, 0.25) is 0 Å². The van der Waals surface area contributed by atoms with E-state index in [1.165, 1.54) is 0 Å². The fourth-order valence-corrected chi connectivity index (χ4v) is 3.49. The zero-order valence-corrected chi connectivity index (χ0v) is 8.17. The first-order chi connectivity index (χ1) is 6.36. The molecule has 0 aromatic rings. The van der Waals surface area contributed by atoms with Gasteiger partial charge in [0.15, 0.2) is 0 Å². The Kier molecular flexibility index (Phi) is 1.58. The molecule has 0 saturated heterocycles. The Morgan fingerprint density at radius 1 is 1.62 bits per heavy atom. The molecule has 2 N–H and O–H groups in total. The van der Waals surface area contributed by atoms with Crippen LogP contribution in [0.4, 0.5) is 0 Å². The van der Waals surface area contributed by atoms with Crippen molar-refractivity contribution in [3.05, 3.63) is 0 Å². The van der Waals surface area contributed by atoms with Crippen LogP contribution in [0, 0.1) is 0 Å². The van der Waals surface area contributed by atoms with Crippen molar-refractivity contribution in [1.29, 1.82) is 0 Å². The predicted molar refractivity (Wildman–Crippen MR) is 50.9 cm³/mol. The minimum absolute atomic E-state index is 0.843. The molecule has 1 atom stereocenters. The van der Waals surface area contributed by atoms with Crippen LogP contribution in [-0.2, 0) is 0 Å². The van der Waals surface area contributed by atoms with Crippen LogP contribution in [0.3, 0.4) is 0 Å². The van der Waals surface area contributed by atoms with E-state index in [2.05, 4.69) is 14.7 Å². The number of amidine groups is 2. The van der Waals surface area contributed by atoms with Crippen LogP contribution in [0.25, 0.3) is 0 Å². The van der Waals surface area contributed by atoms with Crippen LogP contribution in [-0.4, -0.2) is 51.8 Å². The van der Waals surface area contributed by atoms with Gasteiger partial charge < -0.3 is 4.89 Å². The van der Waals surface area contributed by atoms with Crippen molar-refractivity contribution < 1.29 is 9.24 Å². The van der Waals surface area contributed by atoms with Crippen molar-refractivity contribution in [1.82, 2.24) is 9.99 Å². The summed E-state index contributed by atoms with van der Waals surface area (Å²) in [6, 6.07) is 0. The zero-order valence-electron chi connectivity index (χ0n) is 7.27. The third-order valence-corrected chi connectivity index (χ3v) is 4.36. The van der Waals surface area contributed by atoms with Crippen LogP contribution in [0.5, 0.6) is 0 Å². The molecule has 0 radical (unpaired) electrons. The lowest BCUT2D eigenvalue weighted by Crippen LogP contribution is -2.37. The fraction of sp³-hybridized carbons (Fsp3) is 0.714. The van der Waals surface area contributed by atoms with Crippen LogP contribution in [0.1, 0.15) is 6.42 Å². The Morgan fingerprint density at radius 3 is 3.46 bits per heavy atom. The first-order valence-electron chi connectivity index (χ1n) is 4.53. The van der Waals surface area contributed by atoms with Gasteiger partial charge in [0, 0.05) is 6.54 Å². The van der Waals surface area contributed by atoms with Crippen molar-refractivity contribution in [2.45, 2.75) is 6.42 Å². The van der Waals surface area contributed by atoms with Gasteiger partial charge in [0.2, 0.25) is 0 Å². The number of aliphatic imine (C=N–C) groups is 1. The lowest BCUT2D eigenvalue weighted by atomic mass is 10.3. The quantitative estimate of drug-likeness (QED) is 0.509. The highest BCUT2D eigenvalue weighted by atomic mass is 31.2. The van der Waals surface area contributed by atoms with E-state index in [4.69, 9.17) is 0 Å². The molecule has 0 fully saturated rings. The second-order valence-electron chi connectivity index (χ2n) is 3.36. The van der Waals surface area contributed by atoms with Gasteiger partial charge in [-0.3, -0.25) is 15.0 Å². The fourth-order valence-electron chi connectivity index (χ4n) is 1.99. The summed E-state index contributed by atoms with van der Waals surface area (Å²) >= 11 is 0. The molecule has 1 unspecified atom stereocenters. The molecular weight excluding hydrogens is 187 g/mol. The van der Waals surface area contributed by atoms with Crippen molar-refractivity contribution in [2.75, 3.05) is 26.2 Å². The summed E-state index contributed by atoms with van der Waals surface area (Å²) < 4.78 is 4.13. The Balaban J connectivity index is 1.99. The van der Waals surface area contributed by atoms with Gasteiger partial charge in [-0.25, -0.2) is 4.35 Å².